The highest BCUT2D eigenvalue weighted by molar-refractivity contribution is 6.31. The molecule has 21 heavy (non-hydrogen) atoms. The predicted octanol–water partition coefficient (Wildman–Crippen LogP) is 3.80. The lowest BCUT2D eigenvalue weighted by Crippen LogP contribution is -2.15. The first-order valence-corrected chi connectivity index (χ1v) is 7.24. The van der Waals surface area contributed by atoms with Gasteiger partial charge < -0.3 is 10.2 Å². The SMILES string of the molecule is CCc1nnc(C)cc1C(N)c1cc2cc(Cl)ccc2o1. The smallest absolute Gasteiger partial charge is 0.134 e. The van der Waals surface area contributed by atoms with Crippen LogP contribution in [0.15, 0.2) is 34.7 Å². The number of hydrogen-bond donors (Lipinski definition) is 1. The monoisotopic (exact) mass is 301 g/mol. The van der Waals surface area contributed by atoms with Crippen LogP contribution in [0.2, 0.25) is 5.02 Å². The molecule has 3 rings (SSSR count). The Morgan fingerprint density at radius 3 is 2.81 bits per heavy atom. The summed E-state index contributed by atoms with van der Waals surface area (Å²) in [6.07, 6.45) is 0.780. The molecule has 2 N–H and O–H groups in total. The van der Waals surface area contributed by atoms with Crippen LogP contribution >= 0.6 is 11.6 Å². The van der Waals surface area contributed by atoms with Crippen LogP contribution in [-0.2, 0) is 6.42 Å². The molecule has 0 aliphatic heterocycles. The fraction of sp³-hybridized carbons (Fsp3) is 0.250. The molecule has 1 aromatic carbocycles. The Morgan fingerprint density at radius 1 is 1.24 bits per heavy atom. The Labute approximate surface area is 127 Å². The molecule has 0 fully saturated rings. The van der Waals surface area contributed by atoms with Crippen molar-refractivity contribution in [3.63, 3.8) is 0 Å². The van der Waals surface area contributed by atoms with Crippen molar-refractivity contribution in [2.75, 3.05) is 0 Å². The Balaban J connectivity index is 2.07. The zero-order valence-electron chi connectivity index (χ0n) is 11.9. The van der Waals surface area contributed by atoms with Gasteiger partial charge in [-0.05, 0) is 43.7 Å². The number of nitrogens with zero attached hydrogens (tertiary/aromatic N) is 2. The zero-order valence-corrected chi connectivity index (χ0v) is 12.7. The molecule has 0 amide bonds. The number of fused-ring (bicyclic) bond motifs is 1. The van der Waals surface area contributed by atoms with E-state index >= 15 is 0 Å². The summed E-state index contributed by atoms with van der Waals surface area (Å²) in [5.41, 5.74) is 9.84. The molecule has 4 nitrogen and oxygen atoms in total. The van der Waals surface area contributed by atoms with Crippen molar-refractivity contribution in [3.8, 4) is 0 Å². The van der Waals surface area contributed by atoms with Crippen molar-refractivity contribution in [2.24, 2.45) is 5.73 Å². The molecule has 0 radical (unpaired) electrons. The van der Waals surface area contributed by atoms with Gasteiger partial charge >= 0.3 is 0 Å². The van der Waals surface area contributed by atoms with Gasteiger partial charge in [-0.1, -0.05) is 18.5 Å². The fourth-order valence-electron chi connectivity index (χ4n) is 2.42. The number of rotatable bonds is 3. The average Bonchev–Trinajstić information content (AvgIpc) is 2.89. The standard InChI is InChI=1S/C16H16ClN3O/c1-3-13-12(6-9(2)19-20-13)16(18)15-8-10-7-11(17)4-5-14(10)21-15/h4-8,16H,3,18H2,1-2H3. The number of nitrogens with two attached hydrogens (primary N) is 1. The molecule has 108 valence electrons. The van der Waals surface area contributed by atoms with E-state index in [1.165, 1.54) is 0 Å². The Bertz CT molecular complexity index is 797. The summed E-state index contributed by atoms with van der Waals surface area (Å²) in [5.74, 6) is 0.703. The van der Waals surface area contributed by atoms with Crippen LogP contribution < -0.4 is 5.73 Å². The first-order valence-electron chi connectivity index (χ1n) is 6.86. The molecule has 0 spiro atoms. The molecule has 0 saturated heterocycles. The molecule has 3 aromatic rings. The lowest BCUT2D eigenvalue weighted by molar-refractivity contribution is 0.522. The summed E-state index contributed by atoms with van der Waals surface area (Å²) in [6, 6.07) is 9.06. The normalized spacial score (nSPS) is 12.8. The number of hydrogen-bond acceptors (Lipinski definition) is 4. The minimum atomic E-state index is -0.361. The second kappa shape index (κ2) is 5.47. The van der Waals surface area contributed by atoms with E-state index in [0.717, 1.165) is 34.3 Å². The van der Waals surface area contributed by atoms with E-state index in [0.29, 0.717) is 10.8 Å². The van der Waals surface area contributed by atoms with Crippen LogP contribution in [-0.4, -0.2) is 10.2 Å². The summed E-state index contributed by atoms with van der Waals surface area (Å²) < 4.78 is 5.85. The lowest BCUT2D eigenvalue weighted by Gasteiger charge is -2.12. The maximum atomic E-state index is 6.37. The maximum Gasteiger partial charge on any atom is 0.134 e. The Hall–Kier alpha value is -1.91. The number of benzene rings is 1. The second-order valence-corrected chi connectivity index (χ2v) is 5.49. The van der Waals surface area contributed by atoms with Crippen LogP contribution in [0.3, 0.4) is 0 Å². The van der Waals surface area contributed by atoms with Crippen molar-refractivity contribution in [1.82, 2.24) is 10.2 Å². The Kier molecular flexibility index (Phi) is 3.66. The Morgan fingerprint density at radius 2 is 2.05 bits per heavy atom. The molecule has 0 aliphatic rings. The highest BCUT2D eigenvalue weighted by Gasteiger charge is 2.18. The van der Waals surface area contributed by atoms with Gasteiger partial charge in [-0.15, -0.1) is 0 Å². The molecule has 1 atom stereocenters. The highest BCUT2D eigenvalue weighted by atomic mass is 35.5. The topological polar surface area (TPSA) is 64.9 Å². The van der Waals surface area contributed by atoms with E-state index in [4.69, 9.17) is 21.8 Å². The molecular formula is C16H16ClN3O. The maximum absolute atomic E-state index is 6.37. The van der Waals surface area contributed by atoms with Crippen molar-refractivity contribution >= 4 is 22.6 Å². The largest absolute Gasteiger partial charge is 0.459 e. The van der Waals surface area contributed by atoms with Crippen molar-refractivity contribution in [2.45, 2.75) is 26.3 Å². The van der Waals surface area contributed by atoms with E-state index in [9.17, 15) is 0 Å². The minimum absolute atomic E-state index is 0.361. The lowest BCUT2D eigenvalue weighted by atomic mass is 10.0. The van der Waals surface area contributed by atoms with E-state index in [-0.39, 0.29) is 6.04 Å². The van der Waals surface area contributed by atoms with Gasteiger partial charge in [0.1, 0.15) is 11.3 Å². The summed E-state index contributed by atoms with van der Waals surface area (Å²) in [7, 11) is 0. The summed E-state index contributed by atoms with van der Waals surface area (Å²) >= 11 is 6.00. The zero-order chi connectivity index (χ0) is 15.0. The quantitative estimate of drug-likeness (QED) is 0.799. The summed E-state index contributed by atoms with van der Waals surface area (Å²) in [5, 5.41) is 9.93. The minimum Gasteiger partial charge on any atom is -0.459 e. The van der Waals surface area contributed by atoms with Crippen LogP contribution in [0.5, 0.6) is 0 Å². The number of aromatic nitrogens is 2. The third kappa shape index (κ3) is 2.64. The van der Waals surface area contributed by atoms with E-state index in [2.05, 4.69) is 10.2 Å². The number of halogens is 1. The van der Waals surface area contributed by atoms with Crippen LogP contribution in [0.4, 0.5) is 0 Å². The number of aryl methyl sites for hydroxylation is 2. The predicted molar refractivity (Wildman–Crippen MR) is 83.4 cm³/mol. The average molecular weight is 302 g/mol. The molecular weight excluding hydrogens is 286 g/mol. The fourth-order valence-corrected chi connectivity index (χ4v) is 2.60. The number of furan rings is 1. The van der Waals surface area contributed by atoms with Crippen LogP contribution in [0.25, 0.3) is 11.0 Å². The van der Waals surface area contributed by atoms with Crippen LogP contribution in [0, 0.1) is 6.92 Å². The van der Waals surface area contributed by atoms with Gasteiger partial charge in [-0.2, -0.15) is 10.2 Å². The molecule has 0 bridgehead atoms. The third-order valence-electron chi connectivity index (χ3n) is 3.50. The van der Waals surface area contributed by atoms with E-state index in [1.807, 2.05) is 38.1 Å². The van der Waals surface area contributed by atoms with Gasteiger partial charge in [-0.25, -0.2) is 0 Å². The van der Waals surface area contributed by atoms with Crippen LogP contribution in [0.1, 0.15) is 35.7 Å². The molecule has 5 heteroatoms. The van der Waals surface area contributed by atoms with Gasteiger partial charge in [0.15, 0.2) is 0 Å². The van der Waals surface area contributed by atoms with Gasteiger partial charge in [-0.3, -0.25) is 0 Å². The first kappa shape index (κ1) is 14.0. The van der Waals surface area contributed by atoms with E-state index in [1.54, 1.807) is 6.07 Å². The molecule has 0 saturated carbocycles. The molecule has 0 aliphatic carbocycles. The first-order chi connectivity index (χ1) is 10.1. The van der Waals surface area contributed by atoms with E-state index < -0.39 is 0 Å². The molecule has 1 unspecified atom stereocenters. The van der Waals surface area contributed by atoms with Gasteiger partial charge in [0.05, 0.1) is 17.4 Å². The van der Waals surface area contributed by atoms with Gasteiger partial charge in [0.2, 0.25) is 0 Å². The van der Waals surface area contributed by atoms with Crippen molar-refractivity contribution in [1.29, 1.82) is 0 Å². The second-order valence-electron chi connectivity index (χ2n) is 5.05. The van der Waals surface area contributed by atoms with Crippen molar-refractivity contribution < 1.29 is 4.42 Å². The molecule has 2 aromatic heterocycles. The summed E-state index contributed by atoms with van der Waals surface area (Å²) in [6.45, 7) is 3.94. The third-order valence-corrected chi connectivity index (χ3v) is 3.74. The summed E-state index contributed by atoms with van der Waals surface area (Å²) in [4.78, 5) is 0. The van der Waals surface area contributed by atoms with Gasteiger partial charge in [0.25, 0.3) is 0 Å². The van der Waals surface area contributed by atoms with Crippen molar-refractivity contribution in [3.05, 3.63) is 58.1 Å². The molecule has 2 heterocycles. The van der Waals surface area contributed by atoms with Gasteiger partial charge in [0, 0.05) is 16.0 Å². The highest BCUT2D eigenvalue weighted by Crippen LogP contribution is 2.29.